The highest BCUT2D eigenvalue weighted by Crippen LogP contribution is 2.23. The molecule has 0 bridgehead atoms. The van der Waals surface area contributed by atoms with Crippen LogP contribution < -0.4 is 21.7 Å². The van der Waals surface area contributed by atoms with Gasteiger partial charge in [0.1, 0.15) is 11.6 Å². The van der Waals surface area contributed by atoms with E-state index in [9.17, 15) is 13.6 Å². The Hall–Kier alpha value is -2.81. The molecular formula is C15H18F2N6O. The fourth-order valence-corrected chi connectivity index (χ4v) is 1.86. The monoisotopic (exact) mass is 336 g/mol. The number of halogens is 2. The van der Waals surface area contributed by atoms with Crippen LogP contribution in [-0.2, 0) is 0 Å². The summed E-state index contributed by atoms with van der Waals surface area (Å²) in [6.07, 6.45) is 2.37. The van der Waals surface area contributed by atoms with Gasteiger partial charge in [-0.1, -0.05) is 0 Å². The Balaban J connectivity index is 2.34. The summed E-state index contributed by atoms with van der Waals surface area (Å²) in [5.74, 6) is -2.17. The zero-order valence-electron chi connectivity index (χ0n) is 13.2. The van der Waals surface area contributed by atoms with Crippen molar-refractivity contribution in [1.29, 1.82) is 0 Å². The van der Waals surface area contributed by atoms with E-state index in [1.165, 1.54) is 12.3 Å². The van der Waals surface area contributed by atoms with Gasteiger partial charge in [0.15, 0.2) is 11.6 Å². The Morgan fingerprint density at radius 1 is 1.29 bits per heavy atom. The lowest BCUT2D eigenvalue weighted by atomic mass is 10.2. The highest BCUT2D eigenvalue weighted by Gasteiger charge is 2.16. The number of likely N-dealkylation sites (N-methyl/N-ethyl adjacent to an activating group) is 1. The number of carbonyl (C=O) groups is 1. The van der Waals surface area contributed by atoms with E-state index in [1.54, 1.807) is 7.05 Å². The second-order valence-corrected chi connectivity index (χ2v) is 5.17. The van der Waals surface area contributed by atoms with Crippen LogP contribution in [0.1, 0.15) is 17.3 Å². The molecule has 9 heteroatoms. The largest absolute Gasteiger partial charge is 0.366 e. The third-order valence-electron chi connectivity index (χ3n) is 3.28. The molecule has 0 saturated heterocycles. The summed E-state index contributed by atoms with van der Waals surface area (Å²) in [7, 11) is 1.77. The minimum atomic E-state index is -0.858. The lowest BCUT2D eigenvalue weighted by Crippen LogP contribution is -2.30. The molecule has 0 aromatic carbocycles. The van der Waals surface area contributed by atoms with Crippen LogP contribution in [0.5, 0.6) is 0 Å². The predicted molar refractivity (Wildman–Crippen MR) is 87.2 cm³/mol. The molecule has 1 amide bonds. The molecule has 1 unspecified atom stereocenters. The van der Waals surface area contributed by atoms with Gasteiger partial charge in [0, 0.05) is 18.7 Å². The average Bonchev–Trinajstić information content (AvgIpc) is 2.54. The zero-order valence-corrected chi connectivity index (χ0v) is 13.2. The van der Waals surface area contributed by atoms with Gasteiger partial charge in [-0.3, -0.25) is 9.78 Å². The first-order chi connectivity index (χ1) is 11.4. The minimum Gasteiger partial charge on any atom is -0.366 e. The number of carbonyl (C=O) groups excluding carboxylic acids is 1. The smallest absolute Gasteiger partial charge is 0.252 e. The van der Waals surface area contributed by atoms with E-state index in [0.29, 0.717) is 6.54 Å². The predicted octanol–water partition coefficient (Wildman–Crippen LogP) is 1.62. The van der Waals surface area contributed by atoms with Crippen molar-refractivity contribution in [2.75, 3.05) is 24.2 Å². The van der Waals surface area contributed by atoms with E-state index in [2.05, 4.69) is 25.9 Å². The van der Waals surface area contributed by atoms with Crippen molar-refractivity contribution < 1.29 is 13.6 Å². The molecule has 5 N–H and O–H groups in total. The average molecular weight is 336 g/mol. The number of rotatable bonds is 7. The van der Waals surface area contributed by atoms with Crippen LogP contribution in [0.2, 0.25) is 0 Å². The Bertz CT molecular complexity index is 740. The summed E-state index contributed by atoms with van der Waals surface area (Å²) in [4.78, 5) is 19.2. The van der Waals surface area contributed by atoms with Gasteiger partial charge in [0.05, 0.1) is 23.6 Å². The summed E-state index contributed by atoms with van der Waals surface area (Å²) in [6, 6.07) is 2.22. The summed E-state index contributed by atoms with van der Waals surface area (Å²) in [5, 5.41) is 8.56. The summed E-state index contributed by atoms with van der Waals surface area (Å²) in [5.41, 5.74) is 5.36. The molecule has 0 radical (unpaired) electrons. The molecule has 2 heterocycles. The molecule has 0 spiro atoms. The first kappa shape index (κ1) is 17.5. The number of hydrogen-bond acceptors (Lipinski definition) is 6. The molecule has 0 aliphatic heterocycles. The fraction of sp³-hybridized carbons (Fsp3) is 0.267. The number of nitrogens with two attached hydrogens (primary N) is 1. The van der Waals surface area contributed by atoms with Crippen LogP contribution >= 0.6 is 0 Å². The van der Waals surface area contributed by atoms with Crippen molar-refractivity contribution in [2.24, 2.45) is 5.73 Å². The number of aromatic nitrogens is 2. The maximum absolute atomic E-state index is 14.1. The summed E-state index contributed by atoms with van der Waals surface area (Å²) < 4.78 is 27.3. The normalized spacial score (nSPS) is 11.8. The molecule has 0 aliphatic rings. The van der Waals surface area contributed by atoms with Crippen LogP contribution in [0.3, 0.4) is 0 Å². The molecule has 24 heavy (non-hydrogen) atoms. The van der Waals surface area contributed by atoms with Crippen LogP contribution in [-0.4, -0.2) is 35.5 Å². The second kappa shape index (κ2) is 7.64. The Labute approximate surface area is 137 Å². The third kappa shape index (κ3) is 4.35. The lowest BCUT2D eigenvalue weighted by molar-refractivity contribution is 0.100. The summed E-state index contributed by atoms with van der Waals surface area (Å²) >= 11 is 0. The van der Waals surface area contributed by atoms with Gasteiger partial charge in [0.25, 0.3) is 5.91 Å². The number of anilines is 3. The Kier molecular flexibility index (Phi) is 5.59. The molecule has 2 rings (SSSR count). The molecular weight excluding hydrogens is 318 g/mol. The highest BCUT2D eigenvalue weighted by atomic mass is 19.1. The number of hydrogen-bond donors (Lipinski definition) is 4. The van der Waals surface area contributed by atoms with Crippen molar-refractivity contribution >= 4 is 23.2 Å². The van der Waals surface area contributed by atoms with Gasteiger partial charge < -0.3 is 21.7 Å². The molecule has 1 atom stereocenters. The molecule has 2 aromatic heterocycles. The van der Waals surface area contributed by atoms with Gasteiger partial charge in [-0.05, 0) is 20.0 Å². The molecule has 2 aromatic rings. The van der Waals surface area contributed by atoms with E-state index in [1.807, 2.05) is 6.92 Å². The molecule has 7 nitrogen and oxygen atoms in total. The maximum Gasteiger partial charge on any atom is 0.252 e. The number of nitrogens with one attached hydrogen (secondary N) is 3. The van der Waals surface area contributed by atoms with Crippen molar-refractivity contribution in [1.82, 2.24) is 15.3 Å². The van der Waals surface area contributed by atoms with E-state index in [-0.39, 0.29) is 28.9 Å². The standard InChI is InChI=1S/C15H18F2N6O/c1-8(19-2)5-21-15-12(17)4-11(13(18)24)14(23-15)22-10-3-9(16)6-20-7-10/h3-4,6-8,19H,5H2,1-2H3,(H2,18,24)(H2,21,22,23). The zero-order chi connectivity index (χ0) is 17.7. The molecule has 0 fully saturated rings. The minimum absolute atomic E-state index is 0.0101. The third-order valence-corrected chi connectivity index (χ3v) is 3.28. The van der Waals surface area contributed by atoms with Crippen LogP contribution in [0.25, 0.3) is 0 Å². The fourth-order valence-electron chi connectivity index (χ4n) is 1.86. The van der Waals surface area contributed by atoms with Crippen molar-refractivity contribution in [2.45, 2.75) is 13.0 Å². The number of nitrogens with zero attached hydrogens (tertiary/aromatic N) is 2. The van der Waals surface area contributed by atoms with Crippen LogP contribution in [0.4, 0.5) is 26.1 Å². The first-order valence-electron chi connectivity index (χ1n) is 7.19. The van der Waals surface area contributed by atoms with Gasteiger partial charge in [-0.15, -0.1) is 0 Å². The lowest BCUT2D eigenvalue weighted by Gasteiger charge is -2.15. The van der Waals surface area contributed by atoms with E-state index in [4.69, 9.17) is 5.73 Å². The number of primary amides is 1. The van der Waals surface area contributed by atoms with Crippen LogP contribution in [0, 0.1) is 11.6 Å². The topological polar surface area (TPSA) is 105 Å². The van der Waals surface area contributed by atoms with E-state index in [0.717, 1.165) is 12.3 Å². The first-order valence-corrected chi connectivity index (χ1v) is 7.19. The number of amides is 1. The second-order valence-electron chi connectivity index (χ2n) is 5.17. The SMILES string of the molecule is CNC(C)CNc1nc(Nc2cncc(F)c2)c(C(N)=O)cc1F. The Morgan fingerprint density at radius 2 is 2.04 bits per heavy atom. The van der Waals surface area contributed by atoms with Gasteiger partial charge in [0.2, 0.25) is 0 Å². The highest BCUT2D eigenvalue weighted by molar-refractivity contribution is 5.98. The maximum atomic E-state index is 14.1. The van der Waals surface area contributed by atoms with Crippen molar-refractivity contribution in [3.8, 4) is 0 Å². The molecule has 0 saturated carbocycles. The summed E-state index contributed by atoms with van der Waals surface area (Å²) in [6.45, 7) is 2.32. The molecule has 128 valence electrons. The van der Waals surface area contributed by atoms with E-state index < -0.39 is 17.5 Å². The molecule has 0 aliphatic carbocycles. The van der Waals surface area contributed by atoms with Gasteiger partial charge in [-0.2, -0.15) is 0 Å². The van der Waals surface area contributed by atoms with Gasteiger partial charge in [-0.25, -0.2) is 13.8 Å². The van der Waals surface area contributed by atoms with E-state index >= 15 is 0 Å². The van der Waals surface area contributed by atoms with Gasteiger partial charge >= 0.3 is 0 Å². The van der Waals surface area contributed by atoms with Crippen molar-refractivity contribution in [3.05, 3.63) is 41.7 Å². The Morgan fingerprint density at radius 3 is 2.67 bits per heavy atom. The van der Waals surface area contributed by atoms with Crippen molar-refractivity contribution in [3.63, 3.8) is 0 Å². The van der Waals surface area contributed by atoms with Crippen LogP contribution in [0.15, 0.2) is 24.5 Å². The number of pyridine rings is 2. The quantitative estimate of drug-likeness (QED) is 0.612.